The van der Waals surface area contributed by atoms with Crippen molar-refractivity contribution < 1.29 is 22.7 Å². The van der Waals surface area contributed by atoms with Crippen LogP contribution in [0.5, 0.6) is 0 Å². The minimum absolute atomic E-state index is 0.0190. The summed E-state index contributed by atoms with van der Waals surface area (Å²) in [4.78, 5) is 19.4. The molecule has 3 aromatic rings. The van der Waals surface area contributed by atoms with Crippen molar-refractivity contribution in [2.75, 3.05) is 31.6 Å². The first-order valence-electron chi connectivity index (χ1n) is 12.6. The standard InChI is InChI=1S/C27H30F3N5O2/c1-16-19(4-3-5-23(16)27(28,29)30)13-32-25-22-12-21(14-31-24(22)17(2)33-34-25)18-6-9-35(10-7-18)26(36)20-8-11-37-15-20/h3-5,12,14,18,20H,6-11,13,15H2,1-2H3,(H,32,34). The van der Waals surface area contributed by atoms with Gasteiger partial charge in [0.1, 0.15) is 0 Å². The predicted octanol–water partition coefficient (Wildman–Crippen LogP) is 5.02. The molecule has 0 spiro atoms. The van der Waals surface area contributed by atoms with E-state index in [4.69, 9.17) is 4.74 Å². The van der Waals surface area contributed by atoms with Crippen molar-refractivity contribution in [1.82, 2.24) is 20.1 Å². The molecule has 1 amide bonds. The van der Waals surface area contributed by atoms with Gasteiger partial charge in [0.05, 0.1) is 29.3 Å². The minimum atomic E-state index is -4.40. The molecule has 1 atom stereocenters. The highest BCUT2D eigenvalue weighted by Crippen LogP contribution is 2.34. The Bertz CT molecular complexity index is 1300. The Kier molecular flexibility index (Phi) is 7.02. The van der Waals surface area contributed by atoms with E-state index in [1.807, 2.05) is 18.0 Å². The molecule has 1 N–H and O–H groups in total. The Morgan fingerprint density at radius 2 is 1.95 bits per heavy atom. The van der Waals surface area contributed by atoms with Gasteiger partial charge in [0.25, 0.3) is 0 Å². The topological polar surface area (TPSA) is 80.2 Å². The smallest absolute Gasteiger partial charge is 0.381 e. The van der Waals surface area contributed by atoms with Gasteiger partial charge in [0, 0.05) is 37.8 Å². The van der Waals surface area contributed by atoms with Crippen LogP contribution in [0.15, 0.2) is 30.5 Å². The van der Waals surface area contributed by atoms with Gasteiger partial charge < -0.3 is 15.0 Å². The third kappa shape index (κ3) is 5.25. The first kappa shape index (κ1) is 25.4. The van der Waals surface area contributed by atoms with Gasteiger partial charge in [-0.15, -0.1) is 5.10 Å². The van der Waals surface area contributed by atoms with Crippen LogP contribution < -0.4 is 5.32 Å². The highest BCUT2D eigenvalue weighted by atomic mass is 19.4. The van der Waals surface area contributed by atoms with E-state index in [1.54, 1.807) is 6.07 Å². The van der Waals surface area contributed by atoms with Crippen LogP contribution in [0, 0.1) is 19.8 Å². The molecular formula is C27H30F3N5O2. The summed E-state index contributed by atoms with van der Waals surface area (Å²) in [5.74, 6) is 0.915. The summed E-state index contributed by atoms with van der Waals surface area (Å²) in [6.45, 7) is 6.06. The molecule has 7 nitrogen and oxygen atoms in total. The summed E-state index contributed by atoms with van der Waals surface area (Å²) in [7, 11) is 0. The number of alkyl halides is 3. The van der Waals surface area contributed by atoms with Crippen molar-refractivity contribution >= 4 is 22.6 Å². The summed E-state index contributed by atoms with van der Waals surface area (Å²) in [6.07, 6.45) is -0.0546. The Morgan fingerprint density at radius 1 is 1.16 bits per heavy atom. The second kappa shape index (κ2) is 10.2. The number of carbonyl (C=O) groups excluding carboxylic acids is 1. The average Bonchev–Trinajstić information content (AvgIpc) is 3.43. The van der Waals surface area contributed by atoms with Crippen LogP contribution in [0.3, 0.4) is 0 Å². The van der Waals surface area contributed by atoms with Crippen LogP contribution in [0.4, 0.5) is 19.0 Å². The lowest BCUT2D eigenvalue weighted by Gasteiger charge is -2.33. The van der Waals surface area contributed by atoms with E-state index in [9.17, 15) is 18.0 Å². The van der Waals surface area contributed by atoms with Gasteiger partial charge in [-0.1, -0.05) is 12.1 Å². The molecule has 0 saturated carbocycles. The number of ether oxygens (including phenoxy) is 1. The SMILES string of the molecule is Cc1c(CNc2nnc(C)c3ncc(C4CCN(C(=O)C5CCOC5)CC4)cc23)cccc1C(F)(F)F. The maximum atomic E-state index is 13.3. The second-order valence-corrected chi connectivity index (χ2v) is 9.90. The number of likely N-dealkylation sites (tertiary alicyclic amines) is 1. The van der Waals surface area contributed by atoms with E-state index in [0.29, 0.717) is 48.9 Å². The number of fused-ring (bicyclic) bond motifs is 1. The number of rotatable bonds is 5. The number of piperidine rings is 1. The predicted molar refractivity (Wildman–Crippen MR) is 133 cm³/mol. The number of anilines is 1. The first-order chi connectivity index (χ1) is 17.7. The molecule has 2 aliphatic rings. The third-order valence-electron chi connectivity index (χ3n) is 7.56. The molecular weight excluding hydrogens is 483 g/mol. The number of halogens is 3. The summed E-state index contributed by atoms with van der Waals surface area (Å²) < 4.78 is 45.4. The van der Waals surface area contributed by atoms with Gasteiger partial charge in [-0.05, 0) is 67.9 Å². The zero-order chi connectivity index (χ0) is 26.2. The van der Waals surface area contributed by atoms with Crippen LogP contribution in [-0.4, -0.2) is 52.3 Å². The van der Waals surface area contributed by atoms with Crippen molar-refractivity contribution in [3.8, 4) is 0 Å². The monoisotopic (exact) mass is 513 g/mol. The number of nitrogens with one attached hydrogen (secondary N) is 1. The fourth-order valence-electron chi connectivity index (χ4n) is 5.31. The third-order valence-corrected chi connectivity index (χ3v) is 7.56. The van der Waals surface area contributed by atoms with Crippen LogP contribution in [0.1, 0.15) is 53.1 Å². The lowest BCUT2D eigenvalue weighted by molar-refractivity contribution is -0.138. The normalized spacial score (nSPS) is 18.9. The number of hydrogen-bond donors (Lipinski definition) is 1. The molecule has 10 heteroatoms. The highest BCUT2D eigenvalue weighted by molar-refractivity contribution is 5.90. The Labute approximate surface area is 213 Å². The van der Waals surface area contributed by atoms with Crippen molar-refractivity contribution in [2.24, 2.45) is 5.92 Å². The first-order valence-corrected chi connectivity index (χ1v) is 12.6. The van der Waals surface area contributed by atoms with Gasteiger partial charge in [0.15, 0.2) is 5.82 Å². The highest BCUT2D eigenvalue weighted by Gasteiger charge is 2.33. The van der Waals surface area contributed by atoms with E-state index >= 15 is 0 Å². The molecule has 2 aromatic heterocycles. The van der Waals surface area contributed by atoms with Gasteiger partial charge in [-0.3, -0.25) is 9.78 Å². The Hall–Kier alpha value is -3.27. The van der Waals surface area contributed by atoms with Crippen molar-refractivity contribution in [3.05, 3.63) is 58.4 Å². The molecule has 1 aromatic carbocycles. The second-order valence-electron chi connectivity index (χ2n) is 9.90. The molecule has 2 aliphatic heterocycles. The minimum Gasteiger partial charge on any atom is -0.381 e. The lowest BCUT2D eigenvalue weighted by atomic mass is 9.89. The van der Waals surface area contributed by atoms with Crippen LogP contribution in [0.25, 0.3) is 10.9 Å². The number of carbonyl (C=O) groups is 1. The zero-order valence-electron chi connectivity index (χ0n) is 20.9. The molecule has 37 heavy (non-hydrogen) atoms. The fraction of sp³-hybridized carbons (Fsp3) is 0.481. The summed E-state index contributed by atoms with van der Waals surface area (Å²) in [5.41, 5.74) is 2.54. The number of aryl methyl sites for hydroxylation is 1. The quantitative estimate of drug-likeness (QED) is 0.517. The average molecular weight is 514 g/mol. The summed E-state index contributed by atoms with van der Waals surface area (Å²) in [5, 5.41) is 12.5. The van der Waals surface area contributed by atoms with Gasteiger partial charge in [-0.25, -0.2) is 0 Å². The molecule has 5 rings (SSSR count). The number of benzene rings is 1. The maximum Gasteiger partial charge on any atom is 0.416 e. The fourth-order valence-corrected chi connectivity index (χ4v) is 5.31. The van der Waals surface area contributed by atoms with Crippen molar-refractivity contribution in [1.29, 1.82) is 0 Å². The summed E-state index contributed by atoms with van der Waals surface area (Å²) in [6, 6.07) is 6.24. The number of pyridine rings is 1. The summed E-state index contributed by atoms with van der Waals surface area (Å²) >= 11 is 0. The Morgan fingerprint density at radius 3 is 2.65 bits per heavy atom. The van der Waals surface area contributed by atoms with E-state index in [2.05, 4.69) is 26.6 Å². The van der Waals surface area contributed by atoms with E-state index < -0.39 is 11.7 Å². The van der Waals surface area contributed by atoms with Crippen molar-refractivity contribution in [3.63, 3.8) is 0 Å². The van der Waals surface area contributed by atoms with Gasteiger partial charge in [0.2, 0.25) is 5.91 Å². The number of amides is 1. The number of nitrogens with zero attached hydrogens (tertiary/aromatic N) is 4. The van der Waals surface area contributed by atoms with E-state index in [-0.39, 0.29) is 29.9 Å². The van der Waals surface area contributed by atoms with Crippen molar-refractivity contribution in [2.45, 2.75) is 51.7 Å². The zero-order valence-corrected chi connectivity index (χ0v) is 20.9. The number of hydrogen-bond acceptors (Lipinski definition) is 6. The van der Waals surface area contributed by atoms with E-state index in [1.165, 1.54) is 13.0 Å². The molecule has 4 heterocycles. The molecule has 2 saturated heterocycles. The molecule has 0 aliphatic carbocycles. The molecule has 2 fully saturated rings. The number of aromatic nitrogens is 3. The van der Waals surface area contributed by atoms with Gasteiger partial charge in [-0.2, -0.15) is 18.3 Å². The molecule has 0 bridgehead atoms. The largest absolute Gasteiger partial charge is 0.416 e. The molecule has 196 valence electrons. The lowest BCUT2D eigenvalue weighted by Crippen LogP contribution is -2.41. The maximum absolute atomic E-state index is 13.3. The van der Waals surface area contributed by atoms with E-state index in [0.717, 1.165) is 36.3 Å². The molecule has 0 radical (unpaired) electrons. The van der Waals surface area contributed by atoms with Crippen LogP contribution >= 0.6 is 0 Å². The van der Waals surface area contributed by atoms with Crippen LogP contribution in [0.2, 0.25) is 0 Å². The Balaban J connectivity index is 1.34. The molecule has 1 unspecified atom stereocenters. The van der Waals surface area contributed by atoms with Gasteiger partial charge >= 0.3 is 6.18 Å². The van der Waals surface area contributed by atoms with Crippen LogP contribution in [-0.2, 0) is 22.3 Å².